The van der Waals surface area contributed by atoms with Crippen molar-refractivity contribution in [2.24, 2.45) is 0 Å². The third kappa shape index (κ3) is 5.04. The van der Waals surface area contributed by atoms with Crippen molar-refractivity contribution in [2.45, 2.75) is 13.2 Å². The second-order valence-electron chi connectivity index (χ2n) is 5.79. The molecule has 27 heavy (non-hydrogen) atoms. The van der Waals surface area contributed by atoms with Gasteiger partial charge in [-0.3, -0.25) is 10.1 Å². The van der Waals surface area contributed by atoms with Crippen LogP contribution in [-0.4, -0.2) is 4.92 Å². The number of hydrogen-bond donors (Lipinski definition) is 1. The lowest BCUT2D eigenvalue weighted by molar-refractivity contribution is -0.384. The van der Waals surface area contributed by atoms with E-state index in [1.165, 1.54) is 18.2 Å². The van der Waals surface area contributed by atoms with Crippen molar-refractivity contribution in [1.82, 2.24) is 0 Å². The van der Waals surface area contributed by atoms with Crippen LogP contribution in [0.25, 0.3) is 0 Å². The van der Waals surface area contributed by atoms with Crippen LogP contribution >= 0.6 is 15.9 Å². The van der Waals surface area contributed by atoms with Gasteiger partial charge in [0.05, 0.1) is 4.92 Å². The largest absolute Gasteiger partial charge is 0.488 e. The molecule has 7 heteroatoms. The Balaban J connectivity index is 1.73. The van der Waals surface area contributed by atoms with E-state index in [0.29, 0.717) is 23.5 Å². The fourth-order valence-electron chi connectivity index (χ4n) is 2.52. The monoisotopic (exact) mass is 430 g/mol. The summed E-state index contributed by atoms with van der Waals surface area (Å²) in [5.74, 6) is 0.297. The van der Waals surface area contributed by atoms with Crippen LogP contribution in [0.2, 0.25) is 0 Å². The van der Waals surface area contributed by atoms with Gasteiger partial charge in [0.1, 0.15) is 18.2 Å². The van der Waals surface area contributed by atoms with Crippen molar-refractivity contribution >= 4 is 27.3 Å². The van der Waals surface area contributed by atoms with Gasteiger partial charge in [0.25, 0.3) is 5.69 Å². The summed E-state index contributed by atoms with van der Waals surface area (Å²) in [7, 11) is 0. The molecule has 1 N–H and O–H groups in total. The zero-order valence-corrected chi connectivity index (χ0v) is 15.8. The standard InChI is InChI=1S/C20H16BrFN2O3/c21-16-8-9-20(27-13-14-4-1-2-7-19(14)22)15(10-16)12-23-17-5-3-6-18(11-17)24(25)26/h1-11,23H,12-13H2. The van der Waals surface area contributed by atoms with E-state index in [4.69, 9.17) is 4.74 Å². The van der Waals surface area contributed by atoms with E-state index >= 15 is 0 Å². The number of nitro groups is 1. The number of nitrogens with zero attached hydrogens (tertiary/aromatic N) is 1. The molecule has 0 bridgehead atoms. The molecule has 3 aromatic carbocycles. The molecule has 0 aromatic heterocycles. The van der Waals surface area contributed by atoms with Crippen LogP contribution in [0.1, 0.15) is 11.1 Å². The summed E-state index contributed by atoms with van der Waals surface area (Å²) in [6.45, 7) is 0.505. The third-order valence-corrected chi connectivity index (χ3v) is 4.40. The van der Waals surface area contributed by atoms with Crippen LogP contribution in [0.15, 0.2) is 71.2 Å². The molecule has 0 fully saturated rings. The van der Waals surface area contributed by atoms with E-state index < -0.39 is 4.92 Å². The Bertz CT molecular complexity index is 965. The molecule has 5 nitrogen and oxygen atoms in total. The Morgan fingerprint density at radius 1 is 1.04 bits per heavy atom. The maximum Gasteiger partial charge on any atom is 0.271 e. The van der Waals surface area contributed by atoms with E-state index in [-0.39, 0.29) is 18.1 Å². The van der Waals surface area contributed by atoms with E-state index in [2.05, 4.69) is 21.2 Å². The SMILES string of the molecule is O=[N+]([O-])c1cccc(NCc2cc(Br)ccc2OCc2ccccc2F)c1. The molecule has 0 atom stereocenters. The summed E-state index contributed by atoms with van der Waals surface area (Å²) in [6.07, 6.45) is 0. The van der Waals surface area contributed by atoms with Crippen molar-refractivity contribution in [3.05, 3.63) is 98.3 Å². The molecule has 0 aliphatic rings. The molecule has 0 spiro atoms. The van der Waals surface area contributed by atoms with Gasteiger partial charge in [0, 0.05) is 40.0 Å². The van der Waals surface area contributed by atoms with Gasteiger partial charge in [-0.05, 0) is 30.3 Å². The fraction of sp³-hybridized carbons (Fsp3) is 0.100. The first kappa shape index (κ1) is 18.8. The Labute approximate surface area is 164 Å². The minimum absolute atomic E-state index is 0.0188. The number of rotatable bonds is 7. The summed E-state index contributed by atoms with van der Waals surface area (Å²) in [4.78, 5) is 10.5. The molecular weight excluding hydrogens is 415 g/mol. The van der Waals surface area contributed by atoms with Crippen LogP contribution < -0.4 is 10.1 Å². The molecule has 0 heterocycles. The van der Waals surface area contributed by atoms with Crippen molar-refractivity contribution in [1.29, 1.82) is 0 Å². The average Bonchev–Trinajstić information content (AvgIpc) is 2.67. The normalized spacial score (nSPS) is 10.4. The minimum Gasteiger partial charge on any atom is -0.488 e. The second-order valence-corrected chi connectivity index (χ2v) is 6.71. The Morgan fingerprint density at radius 2 is 1.85 bits per heavy atom. The summed E-state index contributed by atoms with van der Waals surface area (Å²) >= 11 is 3.43. The zero-order chi connectivity index (χ0) is 19.2. The van der Waals surface area contributed by atoms with Gasteiger partial charge in [0.15, 0.2) is 0 Å². The van der Waals surface area contributed by atoms with Crippen LogP contribution in [0, 0.1) is 15.9 Å². The number of nitrogens with one attached hydrogen (secondary N) is 1. The van der Waals surface area contributed by atoms with Gasteiger partial charge >= 0.3 is 0 Å². The number of hydrogen-bond acceptors (Lipinski definition) is 4. The summed E-state index contributed by atoms with van der Waals surface area (Å²) in [6, 6.07) is 18.3. The van der Waals surface area contributed by atoms with Gasteiger partial charge < -0.3 is 10.1 Å². The minimum atomic E-state index is -0.437. The molecule has 0 saturated heterocycles. The fourth-order valence-corrected chi connectivity index (χ4v) is 2.93. The zero-order valence-electron chi connectivity index (χ0n) is 14.2. The summed E-state index contributed by atoms with van der Waals surface area (Å²) in [5, 5.41) is 14.0. The van der Waals surface area contributed by atoms with E-state index in [1.54, 1.807) is 36.4 Å². The highest BCUT2D eigenvalue weighted by molar-refractivity contribution is 9.10. The molecule has 0 amide bonds. The average molecular weight is 431 g/mol. The highest BCUT2D eigenvalue weighted by atomic mass is 79.9. The van der Waals surface area contributed by atoms with E-state index in [0.717, 1.165) is 10.0 Å². The molecule has 3 aromatic rings. The smallest absolute Gasteiger partial charge is 0.271 e. The number of benzene rings is 3. The van der Waals surface area contributed by atoms with Crippen molar-refractivity contribution < 1.29 is 14.1 Å². The number of halogens is 2. The number of nitro benzene ring substituents is 1. The van der Waals surface area contributed by atoms with Crippen LogP contribution in [0.5, 0.6) is 5.75 Å². The molecule has 0 aliphatic carbocycles. The summed E-state index contributed by atoms with van der Waals surface area (Å²) in [5.41, 5.74) is 1.96. The Morgan fingerprint density at radius 3 is 2.63 bits per heavy atom. The highest BCUT2D eigenvalue weighted by Gasteiger charge is 2.09. The van der Waals surface area contributed by atoms with Gasteiger partial charge in [-0.1, -0.05) is 40.2 Å². The lowest BCUT2D eigenvalue weighted by Crippen LogP contribution is -2.05. The quantitative estimate of drug-likeness (QED) is 0.386. The Kier molecular flexibility index (Phi) is 6.03. The number of ether oxygens (including phenoxy) is 1. The van der Waals surface area contributed by atoms with Crippen molar-refractivity contribution in [3.63, 3.8) is 0 Å². The van der Waals surface area contributed by atoms with Crippen LogP contribution in [0.4, 0.5) is 15.8 Å². The second kappa shape index (κ2) is 8.64. The molecule has 0 unspecified atom stereocenters. The lowest BCUT2D eigenvalue weighted by Gasteiger charge is -2.14. The van der Waals surface area contributed by atoms with Gasteiger partial charge in [0.2, 0.25) is 0 Å². The first-order chi connectivity index (χ1) is 13.0. The molecular formula is C20H16BrFN2O3. The molecule has 0 saturated carbocycles. The predicted octanol–water partition coefficient (Wildman–Crippen LogP) is 5.69. The highest BCUT2D eigenvalue weighted by Crippen LogP contribution is 2.26. The molecule has 0 aliphatic heterocycles. The van der Waals surface area contributed by atoms with E-state index in [1.807, 2.05) is 12.1 Å². The topological polar surface area (TPSA) is 64.4 Å². The first-order valence-corrected chi connectivity index (χ1v) is 8.95. The first-order valence-electron chi connectivity index (χ1n) is 8.16. The van der Waals surface area contributed by atoms with Crippen LogP contribution in [-0.2, 0) is 13.2 Å². The van der Waals surface area contributed by atoms with Crippen molar-refractivity contribution in [3.8, 4) is 5.75 Å². The van der Waals surface area contributed by atoms with Crippen molar-refractivity contribution in [2.75, 3.05) is 5.32 Å². The summed E-state index contributed by atoms with van der Waals surface area (Å²) < 4.78 is 20.4. The Hall–Kier alpha value is -2.93. The molecule has 3 rings (SSSR count). The van der Waals surface area contributed by atoms with Crippen LogP contribution in [0.3, 0.4) is 0 Å². The third-order valence-electron chi connectivity index (χ3n) is 3.90. The number of anilines is 1. The molecule has 138 valence electrons. The number of non-ortho nitro benzene ring substituents is 1. The predicted molar refractivity (Wildman–Crippen MR) is 105 cm³/mol. The van der Waals surface area contributed by atoms with E-state index in [9.17, 15) is 14.5 Å². The molecule has 0 radical (unpaired) electrons. The van der Waals surface area contributed by atoms with Gasteiger partial charge in [-0.2, -0.15) is 0 Å². The van der Waals surface area contributed by atoms with Gasteiger partial charge in [-0.15, -0.1) is 0 Å². The maximum absolute atomic E-state index is 13.8. The maximum atomic E-state index is 13.8. The van der Waals surface area contributed by atoms with Gasteiger partial charge in [-0.25, -0.2) is 4.39 Å². The lowest BCUT2D eigenvalue weighted by atomic mass is 10.2.